The highest BCUT2D eigenvalue weighted by Gasteiger charge is 2.18. The largest absolute Gasteiger partial charge is 0.345 e. The summed E-state index contributed by atoms with van der Waals surface area (Å²) in [5.41, 5.74) is 3.99. The molecule has 2 amide bonds. The van der Waals surface area contributed by atoms with Gasteiger partial charge in [-0.25, -0.2) is 0 Å². The number of benzene rings is 3. The Morgan fingerprint density at radius 2 is 1.63 bits per heavy atom. The summed E-state index contributed by atoms with van der Waals surface area (Å²) in [5.74, 6) is 0.407. The molecule has 8 heteroatoms. The molecule has 3 aromatic carbocycles. The first-order valence-electron chi connectivity index (χ1n) is 11.3. The van der Waals surface area contributed by atoms with Gasteiger partial charge in [0.2, 0.25) is 5.91 Å². The van der Waals surface area contributed by atoms with Crippen LogP contribution in [0.5, 0.6) is 0 Å². The van der Waals surface area contributed by atoms with E-state index in [-0.39, 0.29) is 23.6 Å². The fourth-order valence-corrected chi connectivity index (χ4v) is 4.42. The monoisotopic (exact) mass is 485 g/mol. The van der Waals surface area contributed by atoms with Crippen LogP contribution in [0, 0.1) is 6.92 Å². The molecule has 0 aliphatic carbocycles. The van der Waals surface area contributed by atoms with Crippen LogP contribution in [0.4, 0.5) is 5.69 Å². The van der Waals surface area contributed by atoms with Crippen LogP contribution in [0.15, 0.2) is 84.0 Å². The van der Waals surface area contributed by atoms with Crippen molar-refractivity contribution < 1.29 is 9.59 Å². The Morgan fingerprint density at radius 1 is 0.943 bits per heavy atom. The molecule has 1 aromatic heterocycles. The van der Waals surface area contributed by atoms with Crippen LogP contribution in [0.3, 0.4) is 0 Å². The fourth-order valence-electron chi connectivity index (χ4n) is 3.70. The van der Waals surface area contributed by atoms with Crippen molar-refractivity contribution in [3.05, 3.63) is 95.6 Å². The molecule has 0 aliphatic heterocycles. The molecular formula is C27H27N5O2S. The van der Waals surface area contributed by atoms with E-state index < -0.39 is 0 Å². The number of amides is 2. The average Bonchev–Trinajstić information content (AvgIpc) is 3.23. The zero-order chi connectivity index (χ0) is 24.8. The molecule has 0 spiro atoms. The Balaban J connectivity index is 1.40. The van der Waals surface area contributed by atoms with Gasteiger partial charge in [-0.1, -0.05) is 78.5 Å². The molecule has 0 fully saturated rings. The van der Waals surface area contributed by atoms with E-state index in [4.69, 9.17) is 0 Å². The lowest BCUT2D eigenvalue weighted by molar-refractivity contribution is -0.113. The van der Waals surface area contributed by atoms with Crippen LogP contribution in [0.25, 0.3) is 11.4 Å². The topological polar surface area (TPSA) is 88.9 Å². The Kier molecular flexibility index (Phi) is 7.62. The maximum Gasteiger partial charge on any atom is 0.253 e. The van der Waals surface area contributed by atoms with Gasteiger partial charge in [-0.3, -0.25) is 9.59 Å². The van der Waals surface area contributed by atoms with E-state index in [2.05, 4.69) is 20.8 Å². The van der Waals surface area contributed by atoms with Crippen molar-refractivity contribution in [2.24, 2.45) is 7.05 Å². The van der Waals surface area contributed by atoms with Crippen LogP contribution < -0.4 is 10.6 Å². The smallest absolute Gasteiger partial charge is 0.253 e. The molecule has 4 aromatic rings. The Bertz CT molecular complexity index is 1340. The summed E-state index contributed by atoms with van der Waals surface area (Å²) in [6, 6.07) is 24.5. The number of hydrogen-bond acceptors (Lipinski definition) is 5. The SMILES string of the molecule is Cc1ccccc1-c1nnc(SCC(=O)Nc2ccccc2C(=O)N[C@@H](C)c2ccccc2)n1C. The molecule has 0 saturated carbocycles. The summed E-state index contributed by atoms with van der Waals surface area (Å²) in [4.78, 5) is 25.7. The third-order valence-corrected chi connectivity index (χ3v) is 6.67. The zero-order valence-corrected chi connectivity index (χ0v) is 20.7. The van der Waals surface area contributed by atoms with Crippen LogP contribution in [0.2, 0.25) is 0 Å². The number of rotatable bonds is 8. The second-order valence-corrected chi connectivity index (χ2v) is 9.11. The number of thioether (sulfide) groups is 1. The Morgan fingerprint density at radius 3 is 2.40 bits per heavy atom. The highest BCUT2D eigenvalue weighted by atomic mass is 32.2. The fraction of sp³-hybridized carbons (Fsp3) is 0.185. The van der Waals surface area contributed by atoms with Gasteiger partial charge in [-0.15, -0.1) is 10.2 Å². The number of hydrogen-bond donors (Lipinski definition) is 2. The number of anilines is 1. The maximum absolute atomic E-state index is 12.9. The predicted molar refractivity (Wildman–Crippen MR) is 139 cm³/mol. The molecule has 0 radical (unpaired) electrons. The number of carbonyl (C=O) groups excluding carboxylic acids is 2. The van der Waals surface area contributed by atoms with Gasteiger partial charge in [0.25, 0.3) is 5.91 Å². The molecular weight excluding hydrogens is 458 g/mol. The molecule has 1 atom stereocenters. The van der Waals surface area contributed by atoms with E-state index in [1.807, 2.05) is 80.1 Å². The van der Waals surface area contributed by atoms with Crippen molar-refractivity contribution in [2.45, 2.75) is 25.0 Å². The van der Waals surface area contributed by atoms with Crippen LogP contribution >= 0.6 is 11.8 Å². The molecule has 1 heterocycles. The number of para-hydroxylation sites is 1. The van der Waals surface area contributed by atoms with Crippen LogP contribution in [-0.4, -0.2) is 32.3 Å². The molecule has 4 rings (SSSR count). The Labute approximate surface area is 209 Å². The van der Waals surface area contributed by atoms with E-state index in [1.165, 1.54) is 11.8 Å². The highest BCUT2D eigenvalue weighted by Crippen LogP contribution is 2.25. The maximum atomic E-state index is 12.9. The molecule has 0 saturated heterocycles. The number of carbonyl (C=O) groups is 2. The van der Waals surface area contributed by atoms with Gasteiger partial charge in [0.1, 0.15) is 0 Å². The standard InChI is InChI=1S/C27H27N5O2S/c1-18-11-7-8-14-21(18)25-30-31-27(32(25)3)35-17-24(33)29-23-16-10-9-15-22(23)26(34)28-19(2)20-12-5-4-6-13-20/h4-16,19H,17H2,1-3H3,(H,28,34)(H,29,33)/t19-/m0/s1. The van der Waals surface area contributed by atoms with E-state index in [1.54, 1.807) is 24.3 Å². The van der Waals surface area contributed by atoms with Crippen LogP contribution in [-0.2, 0) is 11.8 Å². The normalized spacial score (nSPS) is 11.6. The van der Waals surface area contributed by atoms with Crippen molar-refractivity contribution >= 4 is 29.3 Å². The minimum Gasteiger partial charge on any atom is -0.345 e. The summed E-state index contributed by atoms with van der Waals surface area (Å²) in [6.07, 6.45) is 0. The summed E-state index contributed by atoms with van der Waals surface area (Å²) in [5, 5.41) is 15.1. The van der Waals surface area contributed by atoms with Gasteiger partial charge in [0, 0.05) is 12.6 Å². The van der Waals surface area contributed by atoms with Gasteiger partial charge in [0.05, 0.1) is 23.0 Å². The second-order valence-electron chi connectivity index (χ2n) is 8.17. The molecule has 2 N–H and O–H groups in total. The number of nitrogens with zero attached hydrogens (tertiary/aromatic N) is 3. The van der Waals surface area contributed by atoms with E-state index in [0.29, 0.717) is 16.4 Å². The number of aryl methyl sites for hydroxylation is 1. The lowest BCUT2D eigenvalue weighted by atomic mass is 10.1. The molecule has 178 valence electrons. The third kappa shape index (κ3) is 5.78. The van der Waals surface area contributed by atoms with Gasteiger partial charge in [-0.05, 0) is 37.1 Å². The quantitative estimate of drug-likeness (QED) is 0.343. The first-order valence-corrected chi connectivity index (χ1v) is 12.3. The van der Waals surface area contributed by atoms with Crippen molar-refractivity contribution in [2.75, 3.05) is 11.1 Å². The summed E-state index contributed by atoms with van der Waals surface area (Å²) in [6.45, 7) is 3.95. The molecule has 0 unspecified atom stereocenters. The summed E-state index contributed by atoms with van der Waals surface area (Å²) >= 11 is 1.29. The minimum absolute atomic E-state index is 0.135. The van der Waals surface area contributed by atoms with E-state index in [0.717, 1.165) is 22.5 Å². The lowest BCUT2D eigenvalue weighted by Crippen LogP contribution is -2.28. The van der Waals surface area contributed by atoms with Crippen molar-refractivity contribution in [1.29, 1.82) is 0 Å². The molecule has 0 aliphatic rings. The minimum atomic E-state index is -0.249. The lowest BCUT2D eigenvalue weighted by Gasteiger charge is -2.16. The molecule has 0 bridgehead atoms. The Hall–Kier alpha value is -3.91. The third-order valence-electron chi connectivity index (χ3n) is 5.65. The van der Waals surface area contributed by atoms with Crippen molar-refractivity contribution in [1.82, 2.24) is 20.1 Å². The summed E-state index contributed by atoms with van der Waals surface area (Å²) in [7, 11) is 1.88. The number of nitrogens with one attached hydrogen (secondary N) is 2. The van der Waals surface area contributed by atoms with E-state index in [9.17, 15) is 9.59 Å². The predicted octanol–water partition coefficient (Wildman–Crippen LogP) is 5.01. The second kappa shape index (κ2) is 11.0. The van der Waals surface area contributed by atoms with Crippen molar-refractivity contribution in [3.63, 3.8) is 0 Å². The van der Waals surface area contributed by atoms with Gasteiger partial charge in [0.15, 0.2) is 11.0 Å². The van der Waals surface area contributed by atoms with Gasteiger partial charge < -0.3 is 15.2 Å². The van der Waals surface area contributed by atoms with Crippen LogP contribution in [0.1, 0.15) is 34.5 Å². The van der Waals surface area contributed by atoms with Gasteiger partial charge in [-0.2, -0.15) is 0 Å². The highest BCUT2D eigenvalue weighted by molar-refractivity contribution is 7.99. The molecule has 7 nitrogen and oxygen atoms in total. The zero-order valence-electron chi connectivity index (χ0n) is 19.9. The molecule has 35 heavy (non-hydrogen) atoms. The van der Waals surface area contributed by atoms with E-state index >= 15 is 0 Å². The average molecular weight is 486 g/mol. The van der Waals surface area contributed by atoms with Crippen molar-refractivity contribution in [3.8, 4) is 11.4 Å². The first-order chi connectivity index (χ1) is 16.9. The number of aromatic nitrogens is 3. The summed E-state index contributed by atoms with van der Waals surface area (Å²) < 4.78 is 1.88. The van der Waals surface area contributed by atoms with Gasteiger partial charge >= 0.3 is 0 Å². The first kappa shape index (κ1) is 24.2.